The molecule has 0 atom stereocenters. The zero-order valence-electron chi connectivity index (χ0n) is 12.2. The van der Waals surface area contributed by atoms with E-state index in [-0.39, 0.29) is 0 Å². The van der Waals surface area contributed by atoms with E-state index in [1.807, 2.05) is 0 Å². The van der Waals surface area contributed by atoms with E-state index in [2.05, 4.69) is 16.7 Å². The molecule has 0 aromatic rings. The second-order valence-corrected chi connectivity index (χ2v) is 6.17. The van der Waals surface area contributed by atoms with Gasteiger partial charge in [0, 0.05) is 12.1 Å². The van der Waals surface area contributed by atoms with Crippen LogP contribution in [0.3, 0.4) is 0 Å². The molecule has 2 heterocycles. The Labute approximate surface area is 113 Å². The summed E-state index contributed by atoms with van der Waals surface area (Å²) < 4.78 is 0. The molecular formula is C15H31N3. The molecule has 2 aliphatic rings. The molecule has 0 saturated carbocycles. The van der Waals surface area contributed by atoms with Gasteiger partial charge >= 0.3 is 0 Å². The maximum absolute atomic E-state index is 6.18. The van der Waals surface area contributed by atoms with Gasteiger partial charge in [0.1, 0.15) is 0 Å². The Morgan fingerprint density at radius 1 is 0.944 bits per heavy atom. The summed E-state index contributed by atoms with van der Waals surface area (Å²) in [5.74, 6) is 0. The zero-order chi connectivity index (χ0) is 12.8. The van der Waals surface area contributed by atoms with Crippen molar-refractivity contribution >= 4 is 0 Å². The largest absolute Gasteiger partial charge is 0.329 e. The highest BCUT2D eigenvalue weighted by molar-refractivity contribution is 4.96. The summed E-state index contributed by atoms with van der Waals surface area (Å²) in [4.78, 5) is 5.36. The summed E-state index contributed by atoms with van der Waals surface area (Å²) in [5.41, 5.74) is 6.51. The average molecular weight is 253 g/mol. The van der Waals surface area contributed by atoms with Crippen molar-refractivity contribution in [3.63, 3.8) is 0 Å². The lowest BCUT2D eigenvalue weighted by molar-refractivity contribution is 0.0290. The van der Waals surface area contributed by atoms with Crippen molar-refractivity contribution in [3.05, 3.63) is 0 Å². The number of hydrogen-bond donors (Lipinski definition) is 1. The highest BCUT2D eigenvalue weighted by atomic mass is 15.2. The summed E-state index contributed by atoms with van der Waals surface area (Å²) in [6.45, 7) is 9.46. The lowest BCUT2D eigenvalue weighted by Gasteiger charge is -2.48. The van der Waals surface area contributed by atoms with Crippen molar-refractivity contribution in [2.45, 2.75) is 57.4 Å². The third kappa shape index (κ3) is 3.25. The van der Waals surface area contributed by atoms with Gasteiger partial charge in [-0.05, 0) is 64.8 Å². The molecule has 0 spiro atoms. The van der Waals surface area contributed by atoms with Crippen LogP contribution in [-0.4, -0.2) is 54.6 Å². The van der Waals surface area contributed by atoms with Crippen LogP contribution in [0.5, 0.6) is 0 Å². The lowest BCUT2D eigenvalue weighted by Crippen LogP contribution is -2.59. The molecule has 0 aliphatic carbocycles. The van der Waals surface area contributed by atoms with E-state index >= 15 is 0 Å². The maximum atomic E-state index is 6.18. The fourth-order valence-electron chi connectivity index (χ4n) is 3.70. The van der Waals surface area contributed by atoms with Crippen molar-refractivity contribution in [1.82, 2.24) is 9.80 Å². The van der Waals surface area contributed by atoms with Crippen LogP contribution in [0.4, 0.5) is 0 Å². The summed E-state index contributed by atoms with van der Waals surface area (Å²) >= 11 is 0. The molecule has 2 aliphatic heterocycles. The van der Waals surface area contributed by atoms with E-state index in [0.717, 1.165) is 6.54 Å². The van der Waals surface area contributed by atoms with Gasteiger partial charge in [0.05, 0.1) is 0 Å². The van der Waals surface area contributed by atoms with Crippen LogP contribution in [0.15, 0.2) is 0 Å². The SMILES string of the molecule is CCCN1CCC(CN)(N2CCCCCC2)CC1. The topological polar surface area (TPSA) is 32.5 Å². The first-order valence-corrected chi connectivity index (χ1v) is 7.98. The maximum Gasteiger partial charge on any atom is 0.0356 e. The van der Waals surface area contributed by atoms with Crippen LogP contribution in [0.1, 0.15) is 51.9 Å². The van der Waals surface area contributed by atoms with Crippen LogP contribution in [0.2, 0.25) is 0 Å². The minimum atomic E-state index is 0.328. The first-order chi connectivity index (χ1) is 8.80. The summed E-state index contributed by atoms with van der Waals surface area (Å²) in [6.07, 6.45) is 9.42. The molecule has 0 radical (unpaired) electrons. The molecule has 106 valence electrons. The number of likely N-dealkylation sites (tertiary alicyclic amines) is 2. The molecule has 3 heteroatoms. The third-order valence-corrected chi connectivity index (χ3v) is 4.98. The Morgan fingerprint density at radius 3 is 2.06 bits per heavy atom. The first-order valence-electron chi connectivity index (χ1n) is 7.98. The van der Waals surface area contributed by atoms with Crippen molar-refractivity contribution in [3.8, 4) is 0 Å². The van der Waals surface area contributed by atoms with Crippen LogP contribution < -0.4 is 5.73 Å². The minimum Gasteiger partial charge on any atom is -0.329 e. The number of piperidine rings is 1. The number of rotatable bonds is 4. The fourth-order valence-corrected chi connectivity index (χ4v) is 3.70. The Morgan fingerprint density at radius 2 is 1.56 bits per heavy atom. The van der Waals surface area contributed by atoms with Gasteiger partial charge in [0.25, 0.3) is 0 Å². The highest BCUT2D eigenvalue weighted by Crippen LogP contribution is 2.30. The molecule has 2 saturated heterocycles. The molecule has 0 aromatic carbocycles. The Hall–Kier alpha value is -0.120. The number of nitrogens with zero attached hydrogens (tertiary/aromatic N) is 2. The van der Waals surface area contributed by atoms with Gasteiger partial charge in [-0.25, -0.2) is 0 Å². The van der Waals surface area contributed by atoms with Gasteiger partial charge in [-0.1, -0.05) is 19.8 Å². The van der Waals surface area contributed by atoms with E-state index in [0.29, 0.717) is 5.54 Å². The predicted octanol–water partition coefficient (Wildman–Crippen LogP) is 2.07. The average Bonchev–Trinajstić information content (AvgIpc) is 2.70. The van der Waals surface area contributed by atoms with Gasteiger partial charge in [-0.2, -0.15) is 0 Å². The van der Waals surface area contributed by atoms with E-state index in [1.54, 1.807) is 0 Å². The van der Waals surface area contributed by atoms with E-state index in [4.69, 9.17) is 5.73 Å². The lowest BCUT2D eigenvalue weighted by atomic mass is 9.85. The molecule has 0 unspecified atom stereocenters. The van der Waals surface area contributed by atoms with Crippen LogP contribution >= 0.6 is 0 Å². The molecule has 0 bridgehead atoms. The number of hydrogen-bond acceptors (Lipinski definition) is 3. The van der Waals surface area contributed by atoms with Gasteiger partial charge in [-0.15, -0.1) is 0 Å². The predicted molar refractivity (Wildman–Crippen MR) is 77.8 cm³/mol. The van der Waals surface area contributed by atoms with Gasteiger partial charge in [0.15, 0.2) is 0 Å². The van der Waals surface area contributed by atoms with E-state index in [9.17, 15) is 0 Å². The van der Waals surface area contributed by atoms with Crippen LogP contribution in [0, 0.1) is 0 Å². The third-order valence-electron chi connectivity index (χ3n) is 4.98. The quantitative estimate of drug-likeness (QED) is 0.832. The molecule has 3 nitrogen and oxygen atoms in total. The van der Waals surface area contributed by atoms with Gasteiger partial charge in [-0.3, -0.25) is 4.90 Å². The van der Waals surface area contributed by atoms with Crippen molar-refractivity contribution in [1.29, 1.82) is 0 Å². The molecular weight excluding hydrogens is 222 g/mol. The van der Waals surface area contributed by atoms with E-state index < -0.39 is 0 Å². The van der Waals surface area contributed by atoms with Crippen molar-refractivity contribution < 1.29 is 0 Å². The van der Waals surface area contributed by atoms with Gasteiger partial charge < -0.3 is 10.6 Å². The first kappa shape index (κ1) is 14.3. The summed E-state index contributed by atoms with van der Waals surface area (Å²) in [7, 11) is 0. The molecule has 18 heavy (non-hydrogen) atoms. The Kier molecular flexibility index (Phi) is 5.46. The molecule has 2 N–H and O–H groups in total. The smallest absolute Gasteiger partial charge is 0.0356 e. The van der Waals surface area contributed by atoms with Crippen molar-refractivity contribution in [2.75, 3.05) is 39.3 Å². The summed E-state index contributed by atoms with van der Waals surface area (Å²) in [5, 5.41) is 0. The molecule has 2 fully saturated rings. The second kappa shape index (κ2) is 6.88. The molecule has 0 amide bonds. The minimum absolute atomic E-state index is 0.328. The summed E-state index contributed by atoms with van der Waals surface area (Å²) in [6, 6.07) is 0. The zero-order valence-corrected chi connectivity index (χ0v) is 12.2. The van der Waals surface area contributed by atoms with Crippen LogP contribution in [0.25, 0.3) is 0 Å². The van der Waals surface area contributed by atoms with Gasteiger partial charge in [0.2, 0.25) is 0 Å². The highest BCUT2D eigenvalue weighted by Gasteiger charge is 2.38. The Balaban J connectivity index is 1.94. The molecule has 0 aromatic heterocycles. The van der Waals surface area contributed by atoms with Crippen LogP contribution in [-0.2, 0) is 0 Å². The monoisotopic (exact) mass is 253 g/mol. The van der Waals surface area contributed by atoms with E-state index in [1.165, 1.54) is 77.7 Å². The number of nitrogens with two attached hydrogens (primary N) is 1. The fraction of sp³-hybridized carbons (Fsp3) is 1.00. The molecule has 2 rings (SSSR count). The second-order valence-electron chi connectivity index (χ2n) is 6.17. The Bertz CT molecular complexity index is 226. The normalized spacial score (nSPS) is 27.0. The standard InChI is InChI=1S/C15H31N3/c1-2-9-17-12-7-15(14-16,8-13-17)18-10-5-3-4-6-11-18/h2-14,16H2,1H3. The van der Waals surface area contributed by atoms with Crippen molar-refractivity contribution in [2.24, 2.45) is 5.73 Å².